The molecule has 0 aliphatic carbocycles. The van der Waals surface area contributed by atoms with E-state index in [2.05, 4.69) is 15.9 Å². The molecule has 1 rings (SSSR count). The van der Waals surface area contributed by atoms with Crippen molar-refractivity contribution in [3.05, 3.63) is 31.1 Å². The van der Waals surface area contributed by atoms with E-state index in [0.29, 0.717) is 0 Å². The molecule has 12 heavy (non-hydrogen) atoms. The van der Waals surface area contributed by atoms with Crippen LogP contribution in [0.5, 0.6) is 0 Å². The Labute approximate surface area is 89.4 Å². The molecule has 0 aliphatic heterocycles. The van der Waals surface area contributed by atoms with Gasteiger partial charge in [-0.2, -0.15) is 0 Å². The van der Waals surface area contributed by atoms with Crippen LogP contribution in [0.2, 0.25) is 0 Å². The first-order chi connectivity index (χ1) is 5.46. The van der Waals surface area contributed by atoms with Crippen molar-refractivity contribution in [1.82, 2.24) is 0 Å². The summed E-state index contributed by atoms with van der Waals surface area (Å²) in [5.74, 6) is -2.90. The fraction of sp³-hybridized carbons (Fsp3) is 0.143. The van der Waals surface area contributed by atoms with Crippen molar-refractivity contribution in [2.24, 2.45) is 0 Å². The number of hydrogen-bond donors (Lipinski definition) is 0. The van der Waals surface area contributed by atoms with Crippen LogP contribution in [0.25, 0.3) is 0 Å². The third-order valence-electron chi connectivity index (χ3n) is 1.43. The summed E-state index contributed by atoms with van der Waals surface area (Å²) >= 11 is 4.36. The van der Waals surface area contributed by atoms with E-state index in [1.54, 1.807) is 22.6 Å². The Morgan fingerprint density at radius 3 is 2.08 bits per heavy atom. The molecule has 0 saturated carbocycles. The first-order valence-electron chi connectivity index (χ1n) is 2.94. The van der Waals surface area contributed by atoms with E-state index < -0.39 is 17.5 Å². The van der Waals surface area contributed by atoms with E-state index in [9.17, 15) is 13.2 Å². The summed E-state index contributed by atoms with van der Waals surface area (Å²) in [5.41, 5.74) is -0.292. The van der Waals surface area contributed by atoms with Crippen LogP contribution < -0.4 is 0 Å². The molecule has 0 amide bonds. The Kier molecular flexibility index (Phi) is 3.03. The molecule has 0 bridgehead atoms. The molecule has 66 valence electrons. The summed E-state index contributed by atoms with van der Waals surface area (Å²) in [4.78, 5) is 0. The quantitative estimate of drug-likeness (QED) is 0.379. The minimum absolute atomic E-state index is 0.0593. The third kappa shape index (κ3) is 1.48. The average Bonchev–Trinajstić information content (AvgIpc) is 2.08. The minimum Gasteiger partial charge on any atom is -0.205 e. The number of benzene rings is 1. The summed E-state index contributed by atoms with van der Waals surface area (Å²) in [5, 5.41) is 0. The summed E-state index contributed by atoms with van der Waals surface area (Å²) in [6.45, 7) is 1.20. The Bertz CT molecular complexity index is 233. The molecule has 0 fully saturated rings. The molecule has 0 radical (unpaired) electrons. The van der Waals surface area contributed by atoms with Crippen molar-refractivity contribution in [2.45, 2.75) is 6.92 Å². The average molecular weight is 351 g/mol. The molecule has 0 N–H and O–H groups in total. The smallest absolute Gasteiger partial charge is 0.174 e. The van der Waals surface area contributed by atoms with Crippen molar-refractivity contribution in [1.29, 1.82) is 0 Å². The summed E-state index contributed by atoms with van der Waals surface area (Å²) in [6, 6.07) is 0. The number of hydrogen-bond acceptors (Lipinski definition) is 0. The highest BCUT2D eigenvalue weighted by Crippen LogP contribution is 2.29. The van der Waals surface area contributed by atoms with Crippen LogP contribution in [0.1, 0.15) is 5.56 Å². The molecule has 0 saturated heterocycles. The van der Waals surface area contributed by atoms with E-state index in [4.69, 9.17) is 0 Å². The Hall–Kier alpha value is 0.220. The van der Waals surface area contributed by atoms with Crippen molar-refractivity contribution in [3.8, 4) is 0 Å². The molecular formula is C7H3BrF3I. The molecule has 0 aromatic heterocycles. The molecule has 0 aliphatic rings. The van der Waals surface area contributed by atoms with Gasteiger partial charge in [0.1, 0.15) is 5.82 Å². The summed E-state index contributed by atoms with van der Waals surface area (Å²) < 4.78 is 38.5. The number of halogens is 5. The van der Waals surface area contributed by atoms with Gasteiger partial charge in [0.25, 0.3) is 0 Å². The van der Waals surface area contributed by atoms with Gasteiger partial charge in [0.2, 0.25) is 0 Å². The molecule has 0 heterocycles. The summed E-state index contributed by atoms with van der Waals surface area (Å²) in [6.07, 6.45) is 0. The molecule has 0 unspecified atom stereocenters. The lowest BCUT2D eigenvalue weighted by molar-refractivity contribution is 0.478. The van der Waals surface area contributed by atoms with Gasteiger partial charge in [-0.05, 0) is 45.4 Å². The lowest BCUT2D eigenvalue weighted by Crippen LogP contribution is -1.99. The van der Waals surface area contributed by atoms with E-state index in [1.165, 1.54) is 6.92 Å². The first kappa shape index (κ1) is 10.3. The van der Waals surface area contributed by atoms with Crippen molar-refractivity contribution < 1.29 is 13.2 Å². The maximum atomic E-state index is 13.0. The summed E-state index contributed by atoms with van der Waals surface area (Å²) in [7, 11) is 0. The second kappa shape index (κ2) is 3.53. The lowest BCUT2D eigenvalue weighted by Gasteiger charge is -2.05. The highest BCUT2D eigenvalue weighted by atomic mass is 127. The van der Waals surface area contributed by atoms with Crippen molar-refractivity contribution >= 4 is 38.5 Å². The van der Waals surface area contributed by atoms with Crippen molar-refractivity contribution in [2.75, 3.05) is 0 Å². The minimum atomic E-state index is -1.14. The van der Waals surface area contributed by atoms with Gasteiger partial charge in [-0.1, -0.05) is 0 Å². The monoisotopic (exact) mass is 350 g/mol. The zero-order valence-corrected chi connectivity index (χ0v) is 9.63. The Morgan fingerprint density at radius 2 is 1.58 bits per heavy atom. The zero-order chi connectivity index (χ0) is 9.46. The predicted molar refractivity (Wildman–Crippen MR) is 51.5 cm³/mol. The van der Waals surface area contributed by atoms with E-state index in [0.717, 1.165) is 0 Å². The molecule has 1 aromatic carbocycles. The first-order valence-corrected chi connectivity index (χ1v) is 4.82. The Balaban J connectivity index is 3.60. The Morgan fingerprint density at radius 1 is 1.08 bits per heavy atom. The SMILES string of the molecule is Cc1c(F)c(F)c(Br)c(I)c1F. The molecule has 1 aromatic rings. The van der Waals surface area contributed by atoms with Crippen LogP contribution in [-0.4, -0.2) is 0 Å². The zero-order valence-electron chi connectivity index (χ0n) is 5.89. The van der Waals surface area contributed by atoms with Gasteiger partial charge in [-0.15, -0.1) is 0 Å². The van der Waals surface area contributed by atoms with E-state index in [1.807, 2.05) is 0 Å². The van der Waals surface area contributed by atoms with E-state index >= 15 is 0 Å². The van der Waals surface area contributed by atoms with Gasteiger partial charge >= 0.3 is 0 Å². The molecule has 0 nitrogen and oxygen atoms in total. The standard InChI is InChI=1S/C7H3BrF3I/c1-2-4(9)6(11)3(8)7(12)5(2)10/h1H3. The second-order valence-electron chi connectivity index (χ2n) is 2.19. The fourth-order valence-electron chi connectivity index (χ4n) is 0.715. The molecular weight excluding hydrogens is 348 g/mol. The van der Waals surface area contributed by atoms with Gasteiger partial charge < -0.3 is 0 Å². The topological polar surface area (TPSA) is 0 Å². The van der Waals surface area contributed by atoms with Crippen LogP contribution in [0.15, 0.2) is 4.47 Å². The van der Waals surface area contributed by atoms with Gasteiger partial charge in [0, 0.05) is 5.56 Å². The molecule has 0 spiro atoms. The maximum absolute atomic E-state index is 13.0. The predicted octanol–water partition coefficient (Wildman–Crippen LogP) is 3.78. The van der Waals surface area contributed by atoms with E-state index in [-0.39, 0.29) is 13.6 Å². The van der Waals surface area contributed by atoms with Crippen LogP contribution in [0.3, 0.4) is 0 Å². The third-order valence-corrected chi connectivity index (χ3v) is 3.93. The van der Waals surface area contributed by atoms with Crippen LogP contribution in [-0.2, 0) is 0 Å². The largest absolute Gasteiger partial charge is 0.205 e. The number of rotatable bonds is 0. The van der Waals surface area contributed by atoms with Gasteiger partial charge in [-0.25, -0.2) is 13.2 Å². The van der Waals surface area contributed by atoms with Gasteiger partial charge in [0.15, 0.2) is 11.6 Å². The van der Waals surface area contributed by atoms with Crippen LogP contribution in [0, 0.1) is 27.9 Å². The highest BCUT2D eigenvalue weighted by Gasteiger charge is 2.18. The van der Waals surface area contributed by atoms with Gasteiger partial charge in [0.05, 0.1) is 8.04 Å². The molecule has 5 heteroatoms. The van der Waals surface area contributed by atoms with Crippen LogP contribution in [0.4, 0.5) is 13.2 Å². The molecule has 0 atom stereocenters. The highest BCUT2D eigenvalue weighted by molar-refractivity contribution is 14.1. The maximum Gasteiger partial charge on any atom is 0.174 e. The second-order valence-corrected chi connectivity index (χ2v) is 4.07. The van der Waals surface area contributed by atoms with Gasteiger partial charge in [-0.3, -0.25) is 0 Å². The lowest BCUT2D eigenvalue weighted by atomic mass is 10.2. The van der Waals surface area contributed by atoms with Crippen LogP contribution >= 0.6 is 38.5 Å². The fourth-order valence-corrected chi connectivity index (χ4v) is 1.70. The normalized spacial score (nSPS) is 10.5. The van der Waals surface area contributed by atoms with Crippen molar-refractivity contribution in [3.63, 3.8) is 0 Å².